The van der Waals surface area contributed by atoms with Gasteiger partial charge in [0, 0.05) is 44.2 Å². The molecule has 3 N–H and O–H groups in total. The van der Waals surface area contributed by atoms with E-state index < -0.39 is 11.9 Å². The van der Waals surface area contributed by atoms with Crippen molar-refractivity contribution in [2.75, 3.05) is 45.9 Å². The SMILES string of the molecule is CCOC(=O)N1CCN(C(=O)C2CCN(Cc3ccccc3O)CC2)CC1.O=C(O)C(=O)O. The van der Waals surface area contributed by atoms with Crippen LogP contribution in [0.5, 0.6) is 5.75 Å². The molecule has 0 atom stereocenters. The number of amides is 2. The summed E-state index contributed by atoms with van der Waals surface area (Å²) in [7, 11) is 0. The van der Waals surface area contributed by atoms with Crippen molar-refractivity contribution in [1.29, 1.82) is 0 Å². The van der Waals surface area contributed by atoms with Crippen LogP contribution in [0.1, 0.15) is 25.3 Å². The van der Waals surface area contributed by atoms with Gasteiger partial charge in [-0.1, -0.05) is 18.2 Å². The summed E-state index contributed by atoms with van der Waals surface area (Å²) in [6.45, 7) is 6.83. The van der Waals surface area contributed by atoms with Crippen LogP contribution in [-0.4, -0.2) is 99.8 Å². The van der Waals surface area contributed by atoms with E-state index in [-0.39, 0.29) is 17.9 Å². The molecule has 33 heavy (non-hydrogen) atoms. The lowest BCUT2D eigenvalue weighted by Crippen LogP contribution is -2.53. The van der Waals surface area contributed by atoms with Crippen LogP contribution in [0.25, 0.3) is 0 Å². The summed E-state index contributed by atoms with van der Waals surface area (Å²) < 4.78 is 5.02. The number of phenols is 1. The highest BCUT2D eigenvalue weighted by Crippen LogP contribution is 2.24. The Bertz CT molecular complexity index is 819. The van der Waals surface area contributed by atoms with Crippen molar-refractivity contribution >= 4 is 23.9 Å². The smallest absolute Gasteiger partial charge is 0.414 e. The molecule has 2 saturated heterocycles. The number of carboxylic acids is 2. The highest BCUT2D eigenvalue weighted by atomic mass is 16.6. The van der Waals surface area contributed by atoms with Crippen LogP contribution in [0.15, 0.2) is 24.3 Å². The molecule has 1 aromatic carbocycles. The molecule has 1 aromatic rings. The van der Waals surface area contributed by atoms with E-state index in [9.17, 15) is 14.7 Å². The first kappa shape index (κ1) is 25.9. The molecule has 2 amide bonds. The molecular formula is C22H31N3O8. The van der Waals surface area contributed by atoms with Gasteiger partial charge in [0.05, 0.1) is 6.61 Å². The predicted molar refractivity (Wildman–Crippen MR) is 117 cm³/mol. The van der Waals surface area contributed by atoms with Crippen LogP contribution < -0.4 is 0 Å². The number of benzene rings is 1. The van der Waals surface area contributed by atoms with E-state index in [4.69, 9.17) is 24.5 Å². The van der Waals surface area contributed by atoms with E-state index >= 15 is 0 Å². The lowest BCUT2D eigenvalue weighted by atomic mass is 9.94. The summed E-state index contributed by atoms with van der Waals surface area (Å²) in [5.74, 6) is -3.05. The minimum Gasteiger partial charge on any atom is -0.508 e. The number of piperidine rings is 1. The van der Waals surface area contributed by atoms with Gasteiger partial charge in [-0.25, -0.2) is 14.4 Å². The number of carboxylic acid groups (broad SMARTS) is 2. The summed E-state index contributed by atoms with van der Waals surface area (Å²) in [6.07, 6.45) is 1.39. The van der Waals surface area contributed by atoms with E-state index in [0.717, 1.165) is 31.5 Å². The van der Waals surface area contributed by atoms with Crippen LogP contribution in [0, 0.1) is 5.92 Å². The van der Waals surface area contributed by atoms with Gasteiger partial charge in [-0.15, -0.1) is 0 Å². The van der Waals surface area contributed by atoms with Gasteiger partial charge in [-0.3, -0.25) is 9.69 Å². The average Bonchev–Trinajstić information content (AvgIpc) is 2.81. The van der Waals surface area contributed by atoms with Crippen molar-refractivity contribution in [3.8, 4) is 5.75 Å². The topological polar surface area (TPSA) is 148 Å². The quantitative estimate of drug-likeness (QED) is 0.555. The molecule has 11 heteroatoms. The van der Waals surface area contributed by atoms with Gasteiger partial charge in [0.15, 0.2) is 0 Å². The van der Waals surface area contributed by atoms with Crippen molar-refractivity contribution in [3.63, 3.8) is 0 Å². The second-order valence-electron chi connectivity index (χ2n) is 7.80. The van der Waals surface area contributed by atoms with E-state index in [2.05, 4.69) is 4.90 Å². The Kier molecular flexibility index (Phi) is 9.92. The normalized spacial score (nSPS) is 17.0. The molecular weight excluding hydrogens is 434 g/mol. The van der Waals surface area contributed by atoms with Gasteiger partial charge in [-0.05, 0) is 38.9 Å². The molecule has 0 spiro atoms. The zero-order valence-electron chi connectivity index (χ0n) is 18.7. The molecule has 3 rings (SSSR count). The Morgan fingerprint density at radius 3 is 1.97 bits per heavy atom. The van der Waals surface area contributed by atoms with Crippen LogP contribution >= 0.6 is 0 Å². The second-order valence-corrected chi connectivity index (χ2v) is 7.80. The molecule has 182 valence electrons. The maximum Gasteiger partial charge on any atom is 0.414 e. The maximum atomic E-state index is 12.8. The number of aliphatic carboxylic acids is 2. The molecule has 2 fully saturated rings. The zero-order chi connectivity index (χ0) is 24.4. The third-order valence-electron chi connectivity index (χ3n) is 5.62. The third kappa shape index (κ3) is 7.94. The standard InChI is InChI=1S/C20H29N3O4.C2H2O4/c1-2-27-20(26)23-13-11-22(12-14-23)19(25)16-7-9-21(10-8-16)15-17-5-3-4-6-18(17)24;3-1(4)2(5)6/h3-6,16,24H,2,7-15H2,1H3;(H,3,4)(H,5,6). The number of ether oxygens (including phenoxy) is 1. The number of hydrogen-bond donors (Lipinski definition) is 3. The molecule has 2 aliphatic rings. The van der Waals surface area contributed by atoms with Crippen LogP contribution in [0.4, 0.5) is 4.79 Å². The second kappa shape index (κ2) is 12.6. The summed E-state index contributed by atoms with van der Waals surface area (Å²) in [4.78, 5) is 48.6. The van der Waals surface area contributed by atoms with E-state index in [0.29, 0.717) is 45.1 Å². The number of rotatable bonds is 4. The molecule has 0 aliphatic carbocycles. The van der Waals surface area contributed by atoms with Gasteiger partial charge < -0.3 is 29.9 Å². The third-order valence-corrected chi connectivity index (χ3v) is 5.62. The molecule has 2 aliphatic heterocycles. The number of phenolic OH excluding ortho intramolecular Hbond substituents is 1. The van der Waals surface area contributed by atoms with Crippen molar-refractivity contribution < 1.29 is 39.2 Å². The van der Waals surface area contributed by atoms with Crippen LogP contribution in [-0.2, 0) is 25.7 Å². The molecule has 0 radical (unpaired) electrons. The summed E-state index contributed by atoms with van der Waals surface area (Å²) in [5, 5.41) is 24.7. The number of nitrogens with zero attached hydrogens (tertiary/aromatic N) is 3. The largest absolute Gasteiger partial charge is 0.508 e. The van der Waals surface area contributed by atoms with Crippen molar-refractivity contribution in [1.82, 2.24) is 14.7 Å². The van der Waals surface area contributed by atoms with Crippen molar-refractivity contribution in [2.45, 2.75) is 26.3 Å². The fourth-order valence-electron chi connectivity index (χ4n) is 3.81. The van der Waals surface area contributed by atoms with Gasteiger partial charge in [0.2, 0.25) is 5.91 Å². The summed E-state index contributed by atoms with van der Waals surface area (Å²) in [5.41, 5.74) is 0.928. The molecule has 0 saturated carbocycles. The molecule has 0 unspecified atom stereocenters. The number of para-hydroxylation sites is 1. The predicted octanol–water partition coefficient (Wildman–Crippen LogP) is 1.06. The average molecular weight is 466 g/mol. The van der Waals surface area contributed by atoms with Gasteiger partial charge in [-0.2, -0.15) is 0 Å². The zero-order valence-corrected chi connectivity index (χ0v) is 18.7. The van der Waals surface area contributed by atoms with Crippen molar-refractivity contribution in [3.05, 3.63) is 29.8 Å². The first-order valence-electron chi connectivity index (χ1n) is 10.9. The highest BCUT2D eigenvalue weighted by molar-refractivity contribution is 6.27. The number of piperazine rings is 1. The maximum absolute atomic E-state index is 12.8. The minimum atomic E-state index is -1.82. The Hall–Kier alpha value is -3.34. The fraction of sp³-hybridized carbons (Fsp3) is 0.545. The van der Waals surface area contributed by atoms with E-state index in [1.165, 1.54) is 0 Å². The highest BCUT2D eigenvalue weighted by Gasteiger charge is 2.31. The van der Waals surface area contributed by atoms with Gasteiger partial charge in [0.1, 0.15) is 5.75 Å². The number of carbonyl (C=O) groups excluding carboxylic acids is 2. The number of likely N-dealkylation sites (tertiary alicyclic amines) is 1. The summed E-state index contributed by atoms with van der Waals surface area (Å²) in [6, 6.07) is 7.41. The Morgan fingerprint density at radius 2 is 1.45 bits per heavy atom. The van der Waals surface area contributed by atoms with Crippen LogP contribution in [0.2, 0.25) is 0 Å². The fourth-order valence-corrected chi connectivity index (χ4v) is 3.81. The lowest BCUT2D eigenvalue weighted by molar-refractivity contribution is -0.159. The molecule has 0 aromatic heterocycles. The monoisotopic (exact) mass is 465 g/mol. The Labute approximate surface area is 192 Å². The minimum absolute atomic E-state index is 0.0553. The first-order valence-corrected chi connectivity index (χ1v) is 10.9. The van der Waals surface area contributed by atoms with E-state index in [1.807, 2.05) is 23.1 Å². The van der Waals surface area contributed by atoms with Crippen LogP contribution in [0.3, 0.4) is 0 Å². The number of carbonyl (C=O) groups is 4. The number of hydrogen-bond acceptors (Lipinski definition) is 7. The van der Waals surface area contributed by atoms with E-state index in [1.54, 1.807) is 17.9 Å². The van der Waals surface area contributed by atoms with Gasteiger partial charge in [0.25, 0.3) is 0 Å². The molecule has 11 nitrogen and oxygen atoms in total. The Balaban J connectivity index is 0.000000569. The van der Waals surface area contributed by atoms with Gasteiger partial charge >= 0.3 is 18.0 Å². The Morgan fingerprint density at radius 1 is 0.909 bits per heavy atom. The molecule has 0 bridgehead atoms. The first-order chi connectivity index (χ1) is 15.7. The summed E-state index contributed by atoms with van der Waals surface area (Å²) >= 11 is 0. The number of aromatic hydroxyl groups is 1. The lowest BCUT2D eigenvalue weighted by Gasteiger charge is -2.38. The molecule has 2 heterocycles. The van der Waals surface area contributed by atoms with Crippen molar-refractivity contribution in [2.24, 2.45) is 5.92 Å².